The minimum Gasteiger partial charge on any atom is -0.478 e. The third-order valence-corrected chi connectivity index (χ3v) is 3.65. The number of benzene rings is 1. The molecule has 0 atom stereocenters. The van der Waals surface area contributed by atoms with E-state index in [-0.39, 0.29) is 12.1 Å². The van der Waals surface area contributed by atoms with E-state index in [2.05, 4.69) is 0 Å². The van der Waals surface area contributed by atoms with Gasteiger partial charge in [-0.2, -0.15) is 0 Å². The van der Waals surface area contributed by atoms with Gasteiger partial charge in [0.25, 0.3) is 0 Å². The second-order valence-corrected chi connectivity index (χ2v) is 5.71. The van der Waals surface area contributed by atoms with Gasteiger partial charge in [0.05, 0.1) is 24.1 Å². The molecule has 0 unspecified atom stereocenters. The maximum absolute atomic E-state index is 11.6. The average molecular weight is 253 g/mol. The van der Waals surface area contributed by atoms with Gasteiger partial charge in [-0.3, -0.25) is 4.31 Å². The molecule has 0 aromatic heterocycles. The number of carboxylic acids is 1. The minimum atomic E-state index is -3.48. The van der Waals surface area contributed by atoms with Crippen LogP contribution in [0.4, 0.5) is 5.69 Å². The van der Waals surface area contributed by atoms with Crippen molar-refractivity contribution < 1.29 is 18.3 Å². The Bertz CT molecular complexity index is 604. The molecule has 1 aromatic rings. The predicted molar refractivity (Wildman–Crippen MR) is 64.2 cm³/mol. The summed E-state index contributed by atoms with van der Waals surface area (Å²) in [6, 6.07) is 6.80. The van der Waals surface area contributed by atoms with Crippen LogP contribution in [-0.4, -0.2) is 32.3 Å². The first kappa shape index (κ1) is 11.7. The van der Waals surface area contributed by atoms with Crippen LogP contribution in [0.3, 0.4) is 0 Å². The molecule has 0 saturated heterocycles. The molecular formula is C11H11NO4S. The van der Waals surface area contributed by atoms with E-state index < -0.39 is 16.0 Å². The first-order chi connectivity index (χ1) is 7.89. The monoisotopic (exact) mass is 253 g/mol. The summed E-state index contributed by atoms with van der Waals surface area (Å²) < 4.78 is 24.3. The number of sulfonamides is 1. The van der Waals surface area contributed by atoms with E-state index in [1.807, 2.05) is 0 Å². The van der Waals surface area contributed by atoms with E-state index >= 15 is 0 Å². The zero-order chi connectivity index (χ0) is 12.6. The van der Waals surface area contributed by atoms with Gasteiger partial charge in [0.15, 0.2) is 0 Å². The highest BCUT2D eigenvalue weighted by Gasteiger charge is 2.27. The molecule has 1 heterocycles. The number of carboxylic acid groups (broad SMARTS) is 1. The molecular weight excluding hydrogens is 242 g/mol. The lowest BCUT2D eigenvalue weighted by atomic mass is 10.0. The van der Waals surface area contributed by atoms with E-state index in [9.17, 15) is 13.2 Å². The van der Waals surface area contributed by atoms with Crippen molar-refractivity contribution in [2.75, 3.05) is 17.1 Å². The van der Waals surface area contributed by atoms with E-state index in [1.165, 1.54) is 6.08 Å². The van der Waals surface area contributed by atoms with Crippen LogP contribution in [0.25, 0.3) is 6.08 Å². The Labute approximate surface area is 99.0 Å². The third kappa shape index (κ3) is 2.16. The fourth-order valence-electron chi connectivity index (χ4n) is 1.74. The molecule has 0 aliphatic carbocycles. The molecule has 0 bridgehead atoms. The van der Waals surface area contributed by atoms with Crippen LogP contribution in [0.15, 0.2) is 29.8 Å². The highest BCUT2D eigenvalue weighted by atomic mass is 32.2. The molecule has 0 spiro atoms. The Kier molecular flexibility index (Phi) is 2.66. The molecule has 1 aromatic carbocycles. The number of rotatable bonds is 2. The summed E-state index contributed by atoms with van der Waals surface area (Å²) in [5.41, 5.74) is 1.18. The van der Waals surface area contributed by atoms with Crippen molar-refractivity contribution >= 4 is 27.8 Å². The van der Waals surface area contributed by atoms with Gasteiger partial charge < -0.3 is 5.11 Å². The van der Waals surface area contributed by atoms with Crippen LogP contribution >= 0.6 is 0 Å². The SMILES string of the molecule is CS(=O)(=O)N1CC(C(=O)O)=Cc2ccccc21. The largest absolute Gasteiger partial charge is 0.478 e. The summed E-state index contributed by atoms with van der Waals surface area (Å²) >= 11 is 0. The van der Waals surface area contributed by atoms with Crippen molar-refractivity contribution in [1.82, 2.24) is 0 Å². The van der Waals surface area contributed by atoms with Crippen LogP contribution in [0, 0.1) is 0 Å². The van der Waals surface area contributed by atoms with Crippen molar-refractivity contribution in [3.05, 3.63) is 35.4 Å². The topological polar surface area (TPSA) is 74.7 Å². The van der Waals surface area contributed by atoms with Crippen molar-refractivity contribution in [1.29, 1.82) is 0 Å². The van der Waals surface area contributed by atoms with E-state index in [1.54, 1.807) is 24.3 Å². The van der Waals surface area contributed by atoms with E-state index in [0.717, 1.165) is 10.6 Å². The third-order valence-electron chi connectivity index (χ3n) is 2.52. The van der Waals surface area contributed by atoms with Gasteiger partial charge in [0, 0.05) is 0 Å². The van der Waals surface area contributed by atoms with E-state index in [4.69, 9.17) is 5.11 Å². The minimum absolute atomic E-state index is 0.0640. The number of nitrogens with zero attached hydrogens (tertiary/aromatic N) is 1. The Balaban J connectivity index is 2.61. The highest BCUT2D eigenvalue weighted by molar-refractivity contribution is 7.92. The Morgan fingerprint density at radius 1 is 1.35 bits per heavy atom. The number of anilines is 1. The smallest absolute Gasteiger partial charge is 0.333 e. The summed E-state index contributed by atoms with van der Waals surface area (Å²) in [5.74, 6) is -1.10. The highest BCUT2D eigenvalue weighted by Crippen LogP contribution is 2.30. The molecule has 17 heavy (non-hydrogen) atoms. The first-order valence-corrected chi connectivity index (χ1v) is 6.75. The number of fused-ring (bicyclic) bond motifs is 1. The van der Waals surface area contributed by atoms with Crippen LogP contribution in [0.2, 0.25) is 0 Å². The molecule has 0 radical (unpaired) electrons. The van der Waals surface area contributed by atoms with Crippen molar-refractivity contribution in [2.45, 2.75) is 0 Å². The lowest BCUT2D eigenvalue weighted by Gasteiger charge is -2.27. The van der Waals surface area contributed by atoms with Crippen molar-refractivity contribution in [3.63, 3.8) is 0 Å². The molecule has 1 N–H and O–H groups in total. The number of para-hydroxylation sites is 1. The Hall–Kier alpha value is -1.82. The van der Waals surface area contributed by atoms with E-state index in [0.29, 0.717) is 11.3 Å². The van der Waals surface area contributed by atoms with Gasteiger partial charge >= 0.3 is 5.97 Å². The zero-order valence-electron chi connectivity index (χ0n) is 9.12. The average Bonchev–Trinajstić information content (AvgIpc) is 2.26. The van der Waals surface area contributed by atoms with Gasteiger partial charge in [-0.25, -0.2) is 13.2 Å². The van der Waals surface area contributed by atoms with Crippen molar-refractivity contribution in [3.8, 4) is 0 Å². The summed E-state index contributed by atoms with van der Waals surface area (Å²) in [6.45, 7) is -0.134. The standard InChI is InChI=1S/C11H11NO4S/c1-17(15,16)12-7-9(11(13)14)6-8-4-2-3-5-10(8)12/h2-6H,7H2,1H3,(H,13,14). The van der Waals surface area contributed by atoms with Gasteiger partial charge in [0.1, 0.15) is 0 Å². The van der Waals surface area contributed by atoms with Crippen LogP contribution in [0.1, 0.15) is 5.56 Å². The molecule has 0 saturated carbocycles. The lowest BCUT2D eigenvalue weighted by Crippen LogP contribution is -2.35. The molecule has 1 aliphatic rings. The molecule has 90 valence electrons. The quantitative estimate of drug-likeness (QED) is 0.851. The Morgan fingerprint density at radius 3 is 2.59 bits per heavy atom. The molecule has 0 fully saturated rings. The predicted octanol–water partition coefficient (Wildman–Crippen LogP) is 0.934. The number of hydrogen-bond donors (Lipinski definition) is 1. The van der Waals surface area contributed by atoms with Crippen molar-refractivity contribution in [2.24, 2.45) is 0 Å². The lowest BCUT2D eigenvalue weighted by molar-refractivity contribution is -0.132. The number of aliphatic carboxylic acids is 1. The number of carbonyl (C=O) groups is 1. The maximum Gasteiger partial charge on any atom is 0.333 e. The number of hydrogen-bond acceptors (Lipinski definition) is 3. The second-order valence-electron chi connectivity index (χ2n) is 3.80. The summed E-state index contributed by atoms with van der Waals surface area (Å²) in [6.07, 6.45) is 2.56. The van der Waals surface area contributed by atoms with Gasteiger partial charge in [0.2, 0.25) is 10.0 Å². The second kappa shape index (κ2) is 3.89. The van der Waals surface area contributed by atoms with Gasteiger partial charge in [-0.05, 0) is 17.7 Å². The van der Waals surface area contributed by atoms with Crippen LogP contribution in [0.5, 0.6) is 0 Å². The van der Waals surface area contributed by atoms with Gasteiger partial charge in [-0.15, -0.1) is 0 Å². The van der Waals surface area contributed by atoms with Gasteiger partial charge in [-0.1, -0.05) is 18.2 Å². The first-order valence-electron chi connectivity index (χ1n) is 4.90. The summed E-state index contributed by atoms with van der Waals surface area (Å²) in [4.78, 5) is 10.9. The fraction of sp³-hybridized carbons (Fsp3) is 0.182. The Morgan fingerprint density at radius 2 is 2.00 bits per heavy atom. The molecule has 0 amide bonds. The molecule has 1 aliphatic heterocycles. The van der Waals surface area contributed by atoms with Crippen LogP contribution < -0.4 is 4.31 Å². The fourth-order valence-corrected chi connectivity index (χ4v) is 2.63. The van der Waals surface area contributed by atoms with Crippen LogP contribution in [-0.2, 0) is 14.8 Å². The normalized spacial score (nSPS) is 15.1. The summed E-state index contributed by atoms with van der Waals surface area (Å²) in [7, 11) is -3.48. The maximum atomic E-state index is 11.6. The molecule has 5 nitrogen and oxygen atoms in total. The zero-order valence-corrected chi connectivity index (χ0v) is 9.94. The molecule has 6 heteroatoms. The molecule has 2 rings (SSSR count). The summed E-state index contributed by atoms with van der Waals surface area (Å²) in [5, 5.41) is 8.96.